The minimum absolute atomic E-state index is 0.907. The lowest BCUT2D eigenvalue weighted by molar-refractivity contribution is 0.502. The van der Waals surface area contributed by atoms with Gasteiger partial charge in [0.25, 0.3) is 0 Å². The van der Waals surface area contributed by atoms with Crippen molar-refractivity contribution in [2.45, 2.75) is 40.8 Å². The second-order valence-corrected chi connectivity index (χ2v) is 7.32. The largest absolute Gasteiger partial charge is 0.313 e. The van der Waals surface area contributed by atoms with Gasteiger partial charge in [0.2, 0.25) is 0 Å². The van der Waals surface area contributed by atoms with Gasteiger partial charge in [-0.2, -0.15) is 10.2 Å². The summed E-state index contributed by atoms with van der Waals surface area (Å²) in [5.41, 5.74) is 4.74. The zero-order valence-corrected chi connectivity index (χ0v) is 17.2. The van der Waals surface area contributed by atoms with Gasteiger partial charge in [-0.3, -0.25) is 9.36 Å². The molecule has 21 heavy (non-hydrogen) atoms. The van der Waals surface area contributed by atoms with Crippen molar-refractivity contribution in [2.24, 2.45) is 0 Å². The number of aromatic nitrogens is 4. The molecule has 5 nitrogen and oxygen atoms in total. The van der Waals surface area contributed by atoms with Crippen molar-refractivity contribution in [1.82, 2.24) is 24.9 Å². The second-order valence-electron chi connectivity index (χ2n) is 5.17. The van der Waals surface area contributed by atoms with Gasteiger partial charge >= 0.3 is 0 Å². The van der Waals surface area contributed by atoms with Crippen molar-refractivity contribution in [3.05, 3.63) is 29.9 Å². The van der Waals surface area contributed by atoms with E-state index in [1.807, 2.05) is 0 Å². The van der Waals surface area contributed by atoms with Crippen molar-refractivity contribution >= 4 is 45.2 Å². The van der Waals surface area contributed by atoms with Gasteiger partial charge < -0.3 is 5.32 Å². The lowest BCUT2D eigenvalue weighted by Gasteiger charge is -2.08. The van der Waals surface area contributed by atoms with Crippen molar-refractivity contribution in [3.63, 3.8) is 0 Å². The summed E-state index contributed by atoms with van der Waals surface area (Å²) in [4.78, 5) is 0. The Morgan fingerprint density at radius 2 is 1.19 bits per heavy atom. The van der Waals surface area contributed by atoms with Crippen LogP contribution in [0.2, 0.25) is 0 Å². The molecule has 2 heterocycles. The molecule has 1 N–H and O–H groups in total. The van der Waals surface area contributed by atoms with Gasteiger partial charge in [-0.1, -0.05) is 0 Å². The second kappa shape index (κ2) is 7.40. The lowest BCUT2D eigenvalue weighted by Crippen LogP contribution is -2.25. The first-order valence-corrected chi connectivity index (χ1v) is 9.17. The SMILES string of the molecule is Cc1nn(CCNCCn2nc(C)c(I)c2C)c(C)c1I. The van der Waals surface area contributed by atoms with Crippen LogP contribution < -0.4 is 5.32 Å². The molecule has 0 aliphatic heterocycles. The molecular weight excluding hydrogens is 492 g/mol. The van der Waals surface area contributed by atoms with E-state index in [9.17, 15) is 0 Å². The Kier molecular flexibility index (Phi) is 6.06. The van der Waals surface area contributed by atoms with Crippen molar-refractivity contribution < 1.29 is 0 Å². The Hall–Kier alpha value is -0.160. The first-order valence-electron chi connectivity index (χ1n) is 7.01. The third kappa shape index (κ3) is 3.98. The van der Waals surface area contributed by atoms with Gasteiger partial charge in [0, 0.05) is 24.5 Å². The van der Waals surface area contributed by atoms with Crippen LogP contribution in [0.5, 0.6) is 0 Å². The fraction of sp³-hybridized carbons (Fsp3) is 0.571. The van der Waals surface area contributed by atoms with E-state index in [0.717, 1.165) is 37.6 Å². The molecule has 0 saturated heterocycles. The monoisotopic (exact) mass is 513 g/mol. The summed E-state index contributed by atoms with van der Waals surface area (Å²) in [6.45, 7) is 12.0. The van der Waals surface area contributed by atoms with E-state index in [2.05, 4.69) is 97.8 Å². The maximum atomic E-state index is 4.55. The number of hydrogen-bond donors (Lipinski definition) is 1. The number of nitrogens with zero attached hydrogens (tertiary/aromatic N) is 4. The van der Waals surface area contributed by atoms with E-state index >= 15 is 0 Å². The quantitative estimate of drug-likeness (QED) is 0.478. The highest BCUT2D eigenvalue weighted by Crippen LogP contribution is 2.15. The maximum absolute atomic E-state index is 4.55. The van der Waals surface area contributed by atoms with Crippen molar-refractivity contribution in [1.29, 1.82) is 0 Å². The lowest BCUT2D eigenvalue weighted by atomic mass is 10.4. The smallest absolute Gasteiger partial charge is 0.0729 e. The van der Waals surface area contributed by atoms with Gasteiger partial charge in [0.15, 0.2) is 0 Å². The number of nitrogens with one attached hydrogen (secondary N) is 1. The van der Waals surface area contributed by atoms with Crippen molar-refractivity contribution in [2.75, 3.05) is 13.1 Å². The fourth-order valence-corrected chi connectivity index (χ4v) is 3.05. The Balaban J connectivity index is 1.77. The van der Waals surface area contributed by atoms with Crippen LogP contribution in [0.25, 0.3) is 0 Å². The highest BCUT2D eigenvalue weighted by atomic mass is 127. The van der Waals surface area contributed by atoms with Gasteiger partial charge in [-0.15, -0.1) is 0 Å². The normalized spacial score (nSPS) is 11.3. The van der Waals surface area contributed by atoms with Crippen LogP contribution in [0, 0.1) is 34.8 Å². The van der Waals surface area contributed by atoms with Crippen LogP contribution >= 0.6 is 45.2 Å². The van der Waals surface area contributed by atoms with Crippen LogP contribution in [-0.2, 0) is 13.1 Å². The topological polar surface area (TPSA) is 47.7 Å². The highest BCUT2D eigenvalue weighted by Gasteiger charge is 2.09. The molecule has 2 aromatic rings. The molecule has 0 bridgehead atoms. The van der Waals surface area contributed by atoms with E-state index in [0.29, 0.717) is 0 Å². The number of hydrogen-bond acceptors (Lipinski definition) is 3. The first-order chi connectivity index (χ1) is 9.91. The van der Waals surface area contributed by atoms with Crippen LogP contribution in [0.3, 0.4) is 0 Å². The number of aryl methyl sites for hydroxylation is 2. The van der Waals surface area contributed by atoms with Crippen LogP contribution in [0.15, 0.2) is 0 Å². The Bertz CT molecular complexity index is 576. The molecule has 0 aliphatic rings. The summed E-state index contributed by atoms with van der Waals surface area (Å²) in [5, 5.41) is 12.6. The van der Waals surface area contributed by atoms with Crippen LogP contribution in [0.4, 0.5) is 0 Å². The zero-order chi connectivity index (χ0) is 15.6. The predicted molar refractivity (Wildman–Crippen MR) is 102 cm³/mol. The highest BCUT2D eigenvalue weighted by molar-refractivity contribution is 14.1. The minimum atomic E-state index is 0.907. The van der Waals surface area contributed by atoms with Gasteiger partial charge in [-0.05, 0) is 72.9 Å². The zero-order valence-electron chi connectivity index (χ0n) is 12.9. The molecule has 0 atom stereocenters. The third-order valence-corrected chi connectivity index (χ3v) is 6.71. The molecule has 0 unspecified atom stereocenters. The maximum Gasteiger partial charge on any atom is 0.0729 e. The fourth-order valence-electron chi connectivity index (χ4n) is 2.28. The van der Waals surface area contributed by atoms with E-state index in [-0.39, 0.29) is 0 Å². The number of halogens is 2. The molecule has 0 aliphatic carbocycles. The summed E-state index contributed by atoms with van der Waals surface area (Å²) in [5.74, 6) is 0. The molecule has 2 aromatic heterocycles. The van der Waals surface area contributed by atoms with E-state index < -0.39 is 0 Å². The Labute approximate surface area is 153 Å². The molecule has 2 rings (SSSR count). The molecule has 0 radical (unpaired) electrons. The summed E-state index contributed by atoms with van der Waals surface area (Å²) in [6.07, 6.45) is 0. The molecule has 0 aromatic carbocycles. The average Bonchev–Trinajstić information content (AvgIpc) is 2.84. The summed E-state index contributed by atoms with van der Waals surface area (Å²) < 4.78 is 6.70. The minimum Gasteiger partial charge on any atom is -0.313 e. The van der Waals surface area contributed by atoms with Crippen LogP contribution in [0.1, 0.15) is 22.8 Å². The average molecular weight is 513 g/mol. The Morgan fingerprint density at radius 1 is 0.810 bits per heavy atom. The predicted octanol–water partition coefficient (Wildman–Crippen LogP) is 2.81. The molecule has 0 spiro atoms. The molecule has 7 heteroatoms. The van der Waals surface area contributed by atoms with Crippen molar-refractivity contribution in [3.8, 4) is 0 Å². The summed E-state index contributed by atoms with van der Waals surface area (Å²) >= 11 is 4.72. The summed E-state index contributed by atoms with van der Waals surface area (Å²) in [7, 11) is 0. The third-order valence-electron chi connectivity index (χ3n) is 3.59. The Morgan fingerprint density at radius 3 is 1.48 bits per heavy atom. The van der Waals surface area contributed by atoms with E-state index in [4.69, 9.17) is 0 Å². The number of rotatable bonds is 6. The van der Waals surface area contributed by atoms with Gasteiger partial charge in [0.05, 0.1) is 31.6 Å². The van der Waals surface area contributed by atoms with Crippen LogP contribution in [-0.4, -0.2) is 32.7 Å². The molecule has 0 saturated carbocycles. The first kappa shape index (κ1) is 17.2. The van der Waals surface area contributed by atoms with Gasteiger partial charge in [-0.25, -0.2) is 0 Å². The molecule has 0 amide bonds. The molecular formula is C14H21I2N5. The van der Waals surface area contributed by atoms with E-state index in [1.165, 1.54) is 18.5 Å². The van der Waals surface area contributed by atoms with E-state index in [1.54, 1.807) is 0 Å². The summed E-state index contributed by atoms with van der Waals surface area (Å²) in [6, 6.07) is 0. The standard InChI is InChI=1S/C14H21I2N5/c1-9-13(15)11(3)20(18-9)7-5-17-6-8-21-12(4)14(16)10(2)19-21/h17H,5-8H2,1-4H3. The molecule has 116 valence electrons. The van der Waals surface area contributed by atoms with Gasteiger partial charge in [0.1, 0.15) is 0 Å². The molecule has 0 fully saturated rings.